The first-order valence-electron chi connectivity index (χ1n) is 7.87. The zero-order valence-electron chi connectivity index (χ0n) is 14.1. The van der Waals surface area contributed by atoms with Gasteiger partial charge in [-0.15, -0.1) is 0 Å². The molecule has 0 radical (unpaired) electrons. The van der Waals surface area contributed by atoms with Crippen molar-refractivity contribution in [2.45, 2.75) is 0 Å². The highest BCUT2D eigenvalue weighted by Crippen LogP contribution is 2.22. The minimum absolute atomic E-state index is 0.204. The number of carbonyl (C=O) groups is 1. The van der Waals surface area contributed by atoms with Crippen LogP contribution in [0.3, 0.4) is 0 Å². The van der Waals surface area contributed by atoms with E-state index in [1.54, 1.807) is 37.6 Å². The lowest BCUT2D eigenvalue weighted by atomic mass is 10.2. The minimum atomic E-state index is -0.204. The normalized spacial score (nSPS) is 10.2. The molecule has 0 saturated heterocycles. The van der Waals surface area contributed by atoms with Gasteiger partial charge in [0.25, 0.3) is 5.91 Å². The zero-order chi connectivity index (χ0) is 17.6. The molecule has 0 aliphatic carbocycles. The van der Waals surface area contributed by atoms with Crippen LogP contribution in [-0.4, -0.2) is 25.0 Å². The summed E-state index contributed by atoms with van der Waals surface area (Å²) < 4.78 is 5.14. The molecule has 0 saturated carbocycles. The van der Waals surface area contributed by atoms with E-state index in [0.29, 0.717) is 17.0 Å². The third-order valence-corrected chi connectivity index (χ3v) is 3.82. The fourth-order valence-electron chi connectivity index (χ4n) is 2.41. The second-order valence-electron chi connectivity index (χ2n) is 5.49. The van der Waals surface area contributed by atoms with Crippen molar-refractivity contribution in [3.8, 4) is 5.75 Å². The van der Waals surface area contributed by atoms with Crippen molar-refractivity contribution in [1.29, 1.82) is 0 Å². The number of nitrogens with one attached hydrogen (secondary N) is 1. The van der Waals surface area contributed by atoms with Crippen molar-refractivity contribution in [2.75, 3.05) is 24.4 Å². The van der Waals surface area contributed by atoms with Gasteiger partial charge >= 0.3 is 0 Å². The summed E-state index contributed by atoms with van der Waals surface area (Å²) in [6, 6.07) is 20.7. The first-order chi connectivity index (χ1) is 12.2. The van der Waals surface area contributed by atoms with Crippen LogP contribution in [0, 0.1) is 0 Å². The van der Waals surface area contributed by atoms with Gasteiger partial charge in [-0.3, -0.25) is 4.79 Å². The Morgan fingerprint density at radius 1 is 1.04 bits per heavy atom. The number of methoxy groups -OCH3 is 1. The largest absolute Gasteiger partial charge is 0.497 e. The molecule has 5 nitrogen and oxygen atoms in total. The van der Waals surface area contributed by atoms with Crippen LogP contribution in [0.15, 0.2) is 72.9 Å². The number of pyridine rings is 1. The molecule has 2 aromatic carbocycles. The highest BCUT2D eigenvalue weighted by atomic mass is 16.5. The third-order valence-electron chi connectivity index (χ3n) is 3.82. The van der Waals surface area contributed by atoms with Gasteiger partial charge in [0.05, 0.1) is 19.0 Å². The van der Waals surface area contributed by atoms with E-state index in [9.17, 15) is 4.79 Å². The molecule has 0 aliphatic rings. The van der Waals surface area contributed by atoms with Gasteiger partial charge in [-0.25, -0.2) is 4.98 Å². The highest BCUT2D eigenvalue weighted by molar-refractivity contribution is 6.04. The monoisotopic (exact) mass is 333 g/mol. The molecule has 0 unspecified atom stereocenters. The van der Waals surface area contributed by atoms with Gasteiger partial charge in [-0.2, -0.15) is 0 Å². The van der Waals surface area contributed by atoms with E-state index in [1.165, 1.54) is 0 Å². The van der Waals surface area contributed by atoms with Crippen LogP contribution in [0.5, 0.6) is 5.75 Å². The van der Waals surface area contributed by atoms with Crippen molar-refractivity contribution in [3.63, 3.8) is 0 Å². The molecule has 126 valence electrons. The van der Waals surface area contributed by atoms with E-state index in [0.717, 1.165) is 11.5 Å². The van der Waals surface area contributed by atoms with E-state index in [4.69, 9.17) is 4.74 Å². The Hall–Kier alpha value is -3.34. The van der Waals surface area contributed by atoms with Gasteiger partial charge in [0.1, 0.15) is 11.6 Å². The Balaban J connectivity index is 1.71. The molecular formula is C20H19N3O2. The van der Waals surface area contributed by atoms with Crippen molar-refractivity contribution >= 4 is 23.1 Å². The molecule has 5 heteroatoms. The zero-order valence-corrected chi connectivity index (χ0v) is 14.1. The van der Waals surface area contributed by atoms with Crippen LogP contribution in [-0.2, 0) is 0 Å². The van der Waals surface area contributed by atoms with Crippen molar-refractivity contribution in [3.05, 3.63) is 78.5 Å². The van der Waals surface area contributed by atoms with Crippen LogP contribution >= 0.6 is 0 Å². The molecule has 3 aromatic rings. The highest BCUT2D eigenvalue weighted by Gasteiger charge is 2.09. The van der Waals surface area contributed by atoms with Gasteiger partial charge in [0.15, 0.2) is 0 Å². The van der Waals surface area contributed by atoms with E-state index < -0.39 is 0 Å². The van der Waals surface area contributed by atoms with Crippen LogP contribution in [0.4, 0.5) is 17.2 Å². The lowest BCUT2D eigenvalue weighted by Gasteiger charge is -2.18. The second kappa shape index (κ2) is 7.49. The predicted octanol–water partition coefficient (Wildman–Crippen LogP) is 4.11. The van der Waals surface area contributed by atoms with Gasteiger partial charge in [-0.05, 0) is 42.5 Å². The number of aromatic nitrogens is 1. The molecule has 0 spiro atoms. The van der Waals surface area contributed by atoms with Crippen molar-refractivity contribution in [2.24, 2.45) is 0 Å². The summed E-state index contributed by atoms with van der Waals surface area (Å²) in [4.78, 5) is 18.7. The number of para-hydroxylation sites is 1. The molecule has 3 rings (SSSR count). The molecule has 0 aliphatic heterocycles. The lowest BCUT2D eigenvalue weighted by molar-refractivity contribution is 0.102. The van der Waals surface area contributed by atoms with Gasteiger partial charge in [-0.1, -0.05) is 24.3 Å². The summed E-state index contributed by atoms with van der Waals surface area (Å²) in [7, 11) is 3.52. The van der Waals surface area contributed by atoms with Crippen LogP contribution in [0.25, 0.3) is 0 Å². The lowest BCUT2D eigenvalue weighted by Crippen LogP contribution is -2.13. The van der Waals surface area contributed by atoms with Crippen molar-refractivity contribution in [1.82, 2.24) is 4.98 Å². The van der Waals surface area contributed by atoms with E-state index in [-0.39, 0.29) is 5.91 Å². The number of rotatable bonds is 5. The number of nitrogens with zero attached hydrogens (tertiary/aromatic N) is 2. The summed E-state index contributed by atoms with van der Waals surface area (Å²) in [6.45, 7) is 0. The second-order valence-corrected chi connectivity index (χ2v) is 5.49. The molecule has 1 heterocycles. The summed E-state index contributed by atoms with van der Waals surface area (Å²) in [6.07, 6.45) is 1.65. The molecule has 1 N–H and O–H groups in total. The van der Waals surface area contributed by atoms with E-state index >= 15 is 0 Å². The maximum absolute atomic E-state index is 12.3. The van der Waals surface area contributed by atoms with Gasteiger partial charge < -0.3 is 15.0 Å². The van der Waals surface area contributed by atoms with Crippen LogP contribution < -0.4 is 15.0 Å². The number of amides is 1. The number of ether oxygens (including phenoxy) is 1. The maximum atomic E-state index is 12.3. The maximum Gasteiger partial charge on any atom is 0.255 e. The SMILES string of the molecule is COc1cccc(C(=O)Nc2ccc(N(C)c3ccccc3)nc2)c1. The van der Waals surface area contributed by atoms with Crippen LogP contribution in [0.2, 0.25) is 0 Å². The molecule has 1 amide bonds. The van der Waals surface area contributed by atoms with E-state index in [1.807, 2.05) is 54.4 Å². The third kappa shape index (κ3) is 3.95. The standard InChI is InChI=1S/C20H19N3O2/c1-23(17-8-4-3-5-9-17)19-12-11-16(14-21-19)22-20(24)15-7-6-10-18(13-15)25-2/h3-14H,1-2H3,(H,22,24). The average Bonchev–Trinajstić information content (AvgIpc) is 2.68. The summed E-state index contributed by atoms with van der Waals surface area (Å²) >= 11 is 0. The van der Waals surface area contributed by atoms with E-state index in [2.05, 4.69) is 10.3 Å². The molecule has 0 bridgehead atoms. The minimum Gasteiger partial charge on any atom is -0.497 e. The Morgan fingerprint density at radius 2 is 1.84 bits per heavy atom. The fraction of sp³-hybridized carbons (Fsp3) is 0.100. The van der Waals surface area contributed by atoms with Gasteiger partial charge in [0.2, 0.25) is 0 Å². The average molecular weight is 333 g/mol. The topological polar surface area (TPSA) is 54.5 Å². The smallest absolute Gasteiger partial charge is 0.255 e. The quantitative estimate of drug-likeness (QED) is 0.763. The number of hydrogen-bond acceptors (Lipinski definition) is 4. The molecule has 0 atom stereocenters. The Labute approximate surface area is 146 Å². The first kappa shape index (κ1) is 16.5. The predicted molar refractivity (Wildman–Crippen MR) is 99.7 cm³/mol. The van der Waals surface area contributed by atoms with Crippen LogP contribution in [0.1, 0.15) is 10.4 Å². The molecule has 25 heavy (non-hydrogen) atoms. The number of benzene rings is 2. The number of hydrogen-bond donors (Lipinski definition) is 1. The summed E-state index contributed by atoms with van der Waals surface area (Å²) in [5, 5.41) is 2.84. The summed E-state index contributed by atoms with van der Waals surface area (Å²) in [5.41, 5.74) is 2.21. The Bertz CT molecular complexity index is 848. The summed E-state index contributed by atoms with van der Waals surface area (Å²) in [5.74, 6) is 1.24. The fourth-order valence-corrected chi connectivity index (χ4v) is 2.41. The Kier molecular flexibility index (Phi) is 4.95. The first-order valence-corrected chi connectivity index (χ1v) is 7.87. The van der Waals surface area contributed by atoms with Gasteiger partial charge in [0, 0.05) is 18.3 Å². The molecule has 0 fully saturated rings. The number of anilines is 3. The molecular weight excluding hydrogens is 314 g/mol. The van der Waals surface area contributed by atoms with Crippen molar-refractivity contribution < 1.29 is 9.53 Å². The number of carbonyl (C=O) groups excluding carboxylic acids is 1. The Morgan fingerprint density at radius 3 is 2.52 bits per heavy atom. The molecule has 1 aromatic heterocycles.